The summed E-state index contributed by atoms with van der Waals surface area (Å²) in [5.74, 6) is 1.83. The summed E-state index contributed by atoms with van der Waals surface area (Å²) in [4.78, 5) is 0. The quantitative estimate of drug-likeness (QED) is 0.793. The lowest BCUT2D eigenvalue weighted by molar-refractivity contribution is 0.400. The normalized spacial score (nSPS) is 10.3. The van der Waals surface area contributed by atoms with Crippen molar-refractivity contribution in [2.45, 2.75) is 19.8 Å². The van der Waals surface area contributed by atoms with Crippen molar-refractivity contribution in [1.82, 2.24) is 0 Å². The second-order valence-corrected chi connectivity index (χ2v) is 4.44. The monoisotopic (exact) mass is 256 g/mol. The fraction of sp³-hybridized carbons (Fsp3) is 0.294. The van der Waals surface area contributed by atoms with Crippen molar-refractivity contribution in [2.75, 3.05) is 14.2 Å². The van der Waals surface area contributed by atoms with Crippen LogP contribution in [-0.2, 0) is 6.42 Å². The van der Waals surface area contributed by atoms with Crippen LogP contribution < -0.4 is 9.47 Å². The number of hydrogen-bond acceptors (Lipinski definition) is 2. The summed E-state index contributed by atoms with van der Waals surface area (Å²) in [6.45, 7) is 2.17. The van der Waals surface area contributed by atoms with E-state index in [-0.39, 0.29) is 0 Å². The van der Waals surface area contributed by atoms with Gasteiger partial charge in [0.25, 0.3) is 0 Å². The molecule has 2 aromatic carbocycles. The maximum Gasteiger partial charge on any atom is 0.127 e. The summed E-state index contributed by atoms with van der Waals surface area (Å²) in [5.41, 5.74) is 3.53. The molecule has 0 unspecified atom stereocenters. The predicted octanol–water partition coefficient (Wildman–Crippen LogP) is 4.32. The Balaban J connectivity index is 2.66. The standard InChI is InChI=1S/C17H20O2/c1-4-8-14-15(18-2)11-12-16(19-3)17(14)13-9-6-5-7-10-13/h5-7,9-12H,4,8H2,1-3H3. The average molecular weight is 256 g/mol. The van der Waals surface area contributed by atoms with Crippen LogP contribution in [0.2, 0.25) is 0 Å². The predicted molar refractivity (Wildman–Crippen MR) is 79.0 cm³/mol. The van der Waals surface area contributed by atoms with Crippen LogP contribution in [0.25, 0.3) is 11.1 Å². The summed E-state index contributed by atoms with van der Waals surface area (Å²) in [6, 6.07) is 14.3. The minimum absolute atomic E-state index is 0.899. The first kappa shape index (κ1) is 13.5. The van der Waals surface area contributed by atoms with Crippen molar-refractivity contribution in [3.8, 4) is 22.6 Å². The Kier molecular flexibility index (Phi) is 4.45. The summed E-state index contributed by atoms with van der Waals surface area (Å²) < 4.78 is 11.0. The van der Waals surface area contributed by atoms with Crippen LogP contribution >= 0.6 is 0 Å². The second kappa shape index (κ2) is 6.28. The SMILES string of the molecule is CCCc1c(OC)ccc(OC)c1-c1ccccc1. The van der Waals surface area contributed by atoms with E-state index < -0.39 is 0 Å². The van der Waals surface area contributed by atoms with Gasteiger partial charge in [0, 0.05) is 11.1 Å². The second-order valence-electron chi connectivity index (χ2n) is 4.44. The van der Waals surface area contributed by atoms with Crippen molar-refractivity contribution in [3.05, 3.63) is 48.0 Å². The minimum Gasteiger partial charge on any atom is -0.496 e. The molecule has 2 rings (SSSR count). The van der Waals surface area contributed by atoms with Gasteiger partial charge in [-0.05, 0) is 24.1 Å². The zero-order valence-corrected chi connectivity index (χ0v) is 11.8. The maximum absolute atomic E-state index is 5.53. The first-order valence-corrected chi connectivity index (χ1v) is 6.61. The molecule has 0 spiro atoms. The molecule has 0 aromatic heterocycles. The topological polar surface area (TPSA) is 18.5 Å². The fourth-order valence-electron chi connectivity index (χ4n) is 2.39. The number of rotatable bonds is 5. The van der Waals surface area contributed by atoms with Gasteiger partial charge < -0.3 is 9.47 Å². The first-order chi connectivity index (χ1) is 9.31. The minimum atomic E-state index is 0.899. The van der Waals surface area contributed by atoms with E-state index >= 15 is 0 Å². The molecule has 0 heterocycles. The molecular weight excluding hydrogens is 236 g/mol. The van der Waals surface area contributed by atoms with Gasteiger partial charge >= 0.3 is 0 Å². The highest BCUT2D eigenvalue weighted by Crippen LogP contribution is 2.39. The number of methoxy groups -OCH3 is 2. The van der Waals surface area contributed by atoms with E-state index in [1.54, 1.807) is 14.2 Å². The van der Waals surface area contributed by atoms with Gasteiger partial charge in [0.05, 0.1) is 14.2 Å². The molecule has 0 bridgehead atoms. The van der Waals surface area contributed by atoms with Crippen LogP contribution in [0, 0.1) is 0 Å². The lowest BCUT2D eigenvalue weighted by Crippen LogP contribution is -1.98. The Hall–Kier alpha value is -1.96. The lowest BCUT2D eigenvalue weighted by atomic mass is 9.95. The molecule has 0 radical (unpaired) electrons. The molecule has 0 amide bonds. The van der Waals surface area contributed by atoms with Gasteiger partial charge in [-0.25, -0.2) is 0 Å². The van der Waals surface area contributed by atoms with E-state index in [4.69, 9.17) is 9.47 Å². The molecule has 0 aliphatic rings. The van der Waals surface area contributed by atoms with Crippen molar-refractivity contribution in [2.24, 2.45) is 0 Å². The molecule has 0 aliphatic carbocycles. The number of hydrogen-bond donors (Lipinski definition) is 0. The Labute approximate surface area is 115 Å². The molecule has 2 heteroatoms. The van der Waals surface area contributed by atoms with Gasteiger partial charge in [-0.3, -0.25) is 0 Å². The van der Waals surface area contributed by atoms with Gasteiger partial charge in [0.2, 0.25) is 0 Å². The number of ether oxygens (including phenoxy) is 2. The molecule has 0 aliphatic heterocycles. The highest BCUT2D eigenvalue weighted by molar-refractivity contribution is 5.76. The van der Waals surface area contributed by atoms with Crippen LogP contribution in [0.15, 0.2) is 42.5 Å². The highest BCUT2D eigenvalue weighted by Gasteiger charge is 2.15. The molecular formula is C17H20O2. The summed E-state index contributed by atoms with van der Waals surface area (Å²) in [5, 5.41) is 0. The molecule has 100 valence electrons. The van der Waals surface area contributed by atoms with Crippen LogP contribution in [0.1, 0.15) is 18.9 Å². The van der Waals surface area contributed by atoms with Gasteiger partial charge in [-0.2, -0.15) is 0 Å². The van der Waals surface area contributed by atoms with Crippen LogP contribution in [-0.4, -0.2) is 14.2 Å². The van der Waals surface area contributed by atoms with E-state index in [0.717, 1.165) is 29.9 Å². The smallest absolute Gasteiger partial charge is 0.127 e. The van der Waals surface area contributed by atoms with E-state index in [1.807, 2.05) is 30.3 Å². The van der Waals surface area contributed by atoms with Crippen molar-refractivity contribution < 1.29 is 9.47 Å². The van der Waals surface area contributed by atoms with Gasteiger partial charge in [-0.1, -0.05) is 43.7 Å². The van der Waals surface area contributed by atoms with E-state index in [2.05, 4.69) is 19.1 Å². The van der Waals surface area contributed by atoms with E-state index in [0.29, 0.717) is 0 Å². The molecule has 0 fully saturated rings. The highest BCUT2D eigenvalue weighted by atomic mass is 16.5. The molecule has 0 N–H and O–H groups in total. The molecule has 19 heavy (non-hydrogen) atoms. The summed E-state index contributed by atoms with van der Waals surface area (Å²) in [7, 11) is 3.43. The Morgan fingerprint density at radius 2 is 1.47 bits per heavy atom. The molecule has 2 aromatic rings. The lowest BCUT2D eigenvalue weighted by Gasteiger charge is -2.17. The van der Waals surface area contributed by atoms with E-state index in [1.165, 1.54) is 11.1 Å². The first-order valence-electron chi connectivity index (χ1n) is 6.61. The largest absolute Gasteiger partial charge is 0.496 e. The number of benzene rings is 2. The van der Waals surface area contributed by atoms with Crippen LogP contribution in [0.4, 0.5) is 0 Å². The molecule has 0 saturated carbocycles. The Bertz CT molecular complexity index is 532. The molecule has 0 atom stereocenters. The zero-order valence-electron chi connectivity index (χ0n) is 11.8. The maximum atomic E-state index is 5.53. The van der Waals surface area contributed by atoms with Gasteiger partial charge in [-0.15, -0.1) is 0 Å². The summed E-state index contributed by atoms with van der Waals surface area (Å²) in [6.07, 6.45) is 2.05. The van der Waals surface area contributed by atoms with Crippen molar-refractivity contribution >= 4 is 0 Å². The van der Waals surface area contributed by atoms with Crippen molar-refractivity contribution in [1.29, 1.82) is 0 Å². The van der Waals surface area contributed by atoms with Crippen molar-refractivity contribution in [3.63, 3.8) is 0 Å². The third-order valence-corrected chi connectivity index (χ3v) is 3.23. The molecule has 2 nitrogen and oxygen atoms in total. The molecule has 0 saturated heterocycles. The summed E-state index contributed by atoms with van der Waals surface area (Å²) >= 11 is 0. The zero-order chi connectivity index (χ0) is 13.7. The Morgan fingerprint density at radius 1 is 0.842 bits per heavy atom. The van der Waals surface area contributed by atoms with Crippen LogP contribution in [0.5, 0.6) is 11.5 Å². The third kappa shape index (κ3) is 2.73. The van der Waals surface area contributed by atoms with Gasteiger partial charge in [0.1, 0.15) is 11.5 Å². The van der Waals surface area contributed by atoms with Gasteiger partial charge in [0.15, 0.2) is 0 Å². The van der Waals surface area contributed by atoms with E-state index in [9.17, 15) is 0 Å². The Morgan fingerprint density at radius 3 is 2.05 bits per heavy atom. The van der Waals surface area contributed by atoms with Crippen LogP contribution in [0.3, 0.4) is 0 Å². The average Bonchev–Trinajstić information content (AvgIpc) is 2.48. The fourth-order valence-corrected chi connectivity index (χ4v) is 2.39. The third-order valence-electron chi connectivity index (χ3n) is 3.23.